The fourth-order valence-corrected chi connectivity index (χ4v) is 2.81. The SMILES string of the molecule is CN(C(=O)C1CC1)c1ccccc1C(=O)Nc1ccc(CC(=O)O)c(F)c1. The van der Waals surface area contributed by atoms with E-state index in [0.29, 0.717) is 11.3 Å². The highest BCUT2D eigenvalue weighted by Gasteiger charge is 2.33. The number of carboxylic acid groups (broad SMARTS) is 1. The maximum absolute atomic E-state index is 14.0. The van der Waals surface area contributed by atoms with Crippen LogP contribution in [0.2, 0.25) is 0 Å². The van der Waals surface area contributed by atoms with E-state index in [1.165, 1.54) is 17.0 Å². The summed E-state index contributed by atoms with van der Waals surface area (Å²) >= 11 is 0. The van der Waals surface area contributed by atoms with E-state index in [1.54, 1.807) is 31.3 Å². The van der Waals surface area contributed by atoms with Crippen molar-refractivity contribution in [3.05, 3.63) is 59.4 Å². The van der Waals surface area contributed by atoms with Gasteiger partial charge in [0, 0.05) is 18.7 Å². The van der Waals surface area contributed by atoms with Crippen molar-refractivity contribution in [1.29, 1.82) is 0 Å². The van der Waals surface area contributed by atoms with Gasteiger partial charge in [0.2, 0.25) is 5.91 Å². The average Bonchev–Trinajstić information content (AvgIpc) is 3.47. The number of amides is 2. The minimum Gasteiger partial charge on any atom is -0.481 e. The number of nitrogens with zero attached hydrogens (tertiary/aromatic N) is 1. The molecule has 0 unspecified atom stereocenters. The van der Waals surface area contributed by atoms with Crippen LogP contribution in [-0.4, -0.2) is 29.9 Å². The molecule has 0 aliphatic heterocycles. The summed E-state index contributed by atoms with van der Waals surface area (Å²) in [6.07, 6.45) is 1.29. The van der Waals surface area contributed by atoms with Gasteiger partial charge in [-0.3, -0.25) is 14.4 Å². The second kappa shape index (κ2) is 7.57. The van der Waals surface area contributed by atoms with E-state index in [0.717, 1.165) is 18.9 Å². The second-order valence-electron chi connectivity index (χ2n) is 6.52. The smallest absolute Gasteiger partial charge is 0.307 e. The summed E-state index contributed by atoms with van der Waals surface area (Å²) in [6, 6.07) is 10.6. The Morgan fingerprint density at radius 1 is 1.19 bits per heavy atom. The molecule has 0 atom stereocenters. The maximum Gasteiger partial charge on any atom is 0.307 e. The van der Waals surface area contributed by atoms with Crippen molar-refractivity contribution in [2.75, 3.05) is 17.3 Å². The summed E-state index contributed by atoms with van der Waals surface area (Å²) < 4.78 is 14.0. The summed E-state index contributed by atoms with van der Waals surface area (Å²) in [6.45, 7) is 0. The van der Waals surface area contributed by atoms with Crippen molar-refractivity contribution in [3.63, 3.8) is 0 Å². The standard InChI is InChI=1S/C20H19FN2O4/c1-23(20(27)12-6-7-12)17-5-3-2-4-15(17)19(26)22-14-9-8-13(10-18(24)25)16(21)11-14/h2-5,8-9,11-12H,6-7,10H2,1H3,(H,22,26)(H,24,25). The molecule has 2 aromatic carbocycles. The first-order valence-corrected chi connectivity index (χ1v) is 8.55. The van der Waals surface area contributed by atoms with Crippen molar-refractivity contribution in [2.24, 2.45) is 5.92 Å². The molecule has 1 aliphatic rings. The zero-order valence-electron chi connectivity index (χ0n) is 14.7. The normalized spacial score (nSPS) is 13.1. The summed E-state index contributed by atoms with van der Waals surface area (Å²) in [5, 5.41) is 11.4. The van der Waals surface area contributed by atoms with Crippen LogP contribution in [0.1, 0.15) is 28.8 Å². The first kappa shape index (κ1) is 18.6. The van der Waals surface area contributed by atoms with Crippen molar-refractivity contribution in [3.8, 4) is 0 Å². The molecular formula is C20H19FN2O4. The largest absolute Gasteiger partial charge is 0.481 e. The summed E-state index contributed by atoms with van der Waals surface area (Å²) in [5.41, 5.74) is 1.02. The number of nitrogens with one attached hydrogen (secondary N) is 1. The number of hydrogen-bond acceptors (Lipinski definition) is 3. The number of carbonyl (C=O) groups excluding carboxylic acids is 2. The van der Waals surface area contributed by atoms with Gasteiger partial charge in [0.25, 0.3) is 5.91 Å². The number of carbonyl (C=O) groups is 3. The molecule has 6 nitrogen and oxygen atoms in total. The molecule has 2 N–H and O–H groups in total. The van der Waals surface area contributed by atoms with Crippen LogP contribution in [0.4, 0.5) is 15.8 Å². The second-order valence-corrected chi connectivity index (χ2v) is 6.52. The lowest BCUT2D eigenvalue weighted by Crippen LogP contribution is -2.29. The Balaban J connectivity index is 1.79. The molecule has 1 saturated carbocycles. The molecule has 2 aromatic rings. The minimum absolute atomic E-state index is 0.0157. The topological polar surface area (TPSA) is 86.7 Å². The van der Waals surface area contributed by atoms with E-state index in [1.807, 2.05) is 0 Å². The van der Waals surface area contributed by atoms with Gasteiger partial charge >= 0.3 is 5.97 Å². The number of hydrogen-bond donors (Lipinski definition) is 2. The van der Waals surface area contributed by atoms with Crippen LogP contribution in [0.3, 0.4) is 0 Å². The van der Waals surface area contributed by atoms with Crippen LogP contribution >= 0.6 is 0 Å². The van der Waals surface area contributed by atoms with Gasteiger partial charge in [0.1, 0.15) is 5.82 Å². The fraction of sp³-hybridized carbons (Fsp3) is 0.250. The van der Waals surface area contributed by atoms with Crippen LogP contribution in [0.15, 0.2) is 42.5 Å². The van der Waals surface area contributed by atoms with Crippen LogP contribution in [0, 0.1) is 11.7 Å². The molecule has 7 heteroatoms. The molecule has 3 rings (SSSR count). The van der Waals surface area contributed by atoms with Crippen molar-refractivity contribution < 1.29 is 23.9 Å². The van der Waals surface area contributed by atoms with Gasteiger partial charge in [-0.25, -0.2) is 4.39 Å². The predicted molar refractivity (Wildman–Crippen MR) is 98.3 cm³/mol. The quantitative estimate of drug-likeness (QED) is 0.818. The van der Waals surface area contributed by atoms with Gasteiger partial charge in [-0.1, -0.05) is 18.2 Å². The Morgan fingerprint density at radius 3 is 2.52 bits per heavy atom. The van der Waals surface area contributed by atoms with Crippen LogP contribution in [0.25, 0.3) is 0 Å². The highest BCUT2D eigenvalue weighted by molar-refractivity contribution is 6.10. The summed E-state index contributed by atoms with van der Waals surface area (Å²) in [7, 11) is 1.63. The Bertz CT molecular complexity index is 909. The zero-order chi connectivity index (χ0) is 19.6. The van der Waals surface area contributed by atoms with Gasteiger partial charge in [-0.2, -0.15) is 0 Å². The minimum atomic E-state index is -1.14. The number of benzene rings is 2. The Labute approximate surface area is 155 Å². The maximum atomic E-state index is 14.0. The molecule has 0 bridgehead atoms. The van der Waals surface area contributed by atoms with Crippen molar-refractivity contribution in [1.82, 2.24) is 0 Å². The molecule has 0 spiro atoms. The molecule has 0 aromatic heterocycles. The average molecular weight is 370 g/mol. The Kier molecular flexibility index (Phi) is 5.21. The van der Waals surface area contributed by atoms with Crippen molar-refractivity contribution in [2.45, 2.75) is 19.3 Å². The lowest BCUT2D eigenvalue weighted by molar-refractivity contribution is -0.136. The van der Waals surface area contributed by atoms with E-state index >= 15 is 0 Å². The lowest BCUT2D eigenvalue weighted by atomic mass is 10.1. The molecule has 1 fully saturated rings. The highest BCUT2D eigenvalue weighted by Crippen LogP contribution is 2.33. The van der Waals surface area contributed by atoms with Crippen LogP contribution < -0.4 is 10.2 Å². The monoisotopic (exact) mass is 370 g/mol. The molecular weight excluding hydrogens is 351 g/mol. The van der Waals surface area contributed by atoms with E-state index in [4.69, 9.17) is 5.11 Å². The zero-order valence-corrected chi connectivity index (χ0v) is 14.7. The van der Waals surface area contributed by atoms with E-state index in [2.05, 4.69) is 5.32 Å². The first-order chi connectivity index (χ1) is 12.9. The van der Waals surface area contributed by atoms with Crippen molar-refractivity contribution >= 4 is 29.2 Å². The third kappa shape index (κ3) is 4.31. The van der Waals surface area contributed by atoms with Crippen LogP contribution in [-0.2, 0) is 16.0 Å². The fourth-order valence-electron chi connectivity index (χ4n) is 2.81. The lowest BCUT2D eigenvalue weighted by Gasteiger charge is -2.20. The number of halogens is 1. The number of carboxylic acids is 1. The third-order valence-electron chi connectivity index (χ3n) is 4.42. The summed E-state index contributed by atoms with van der Waals surface area (Å²) in [4.78, 5) is 37.1. The molecule has 140 valence electrons. The highest BCUT2D eigenvalue weighted by atomic mass is 19.1. The molecule has 2 amide bonds. The van der Waals surface area contributed by atoms with Gasteiger partial charge in [-0.15, -0.1) is 0 Å². The Morgan fingerprint density at radius 2 is 1.89 bits per heavy atom. The number of para-hydroxylation sites is 1. The van der Waals surface area contributed by atoms with Gasteiger partial charge in [0.15, 0.2) is 0 Å². The predicted octanol–water partition coefficient (Wildman–Crippen LogP) is 3.08. The van der Waals surface area contributed by atoms with Gasteiger partial charge in [-0.05, 0) is 42.7 Å². The first-order valence-electron chi connectivity index (χ1n) is 8.55. The molecule has 1 aliphatic carbocycles. The van der Waals surface area contributed by atoms with Gasteiger partial charge < -0.3 is 15.3 Å². The number of anilines is 2. The molecule has 0 radical (unpaired) electrons. The van der Waals surface area contributed by atoms with E-state index in [-0.39, 0.29) is 23.1 Å². The number of aliphatic carboxylic acids is 1. The van der Waals surface area contributed by atoms with Crippen LogP contribution in [0.5, 0.6) is 0 Å². The Hall–Kier alpha value is -3.22. The van der Waals surface area contributed by atoms with E-state index in [9.17, 15) is 18.8 Å². The number of rotatable bonds is 6. The molecule has 0 heterocycles. The molecule has 27 heavy (non-hydrogen) atoms. The third-order valence-corrected chi connectivity index (χ3v) is 4.42. The van der Waals surface area contributed by atoms with E-state index < -0.39 is 24.1 Å². The summed E-state index contributed by atoms with van der Waals surface area (Å²) in [5.74, 6) is -2.33. The van der Waals surface area contributed by atoms with Gasteiger partial charge in [0.05, 0.1) is 17.7 Å². The molecule has 0 saturated heterocycles.